The molecule has 1 fully saturated rings. The lowest BCUT2D eigenvalue weighted by atomic mass is 9.94. The van der Waals surface area contributed by atoms with Gasteiger partial charge in [0.1, 0.15) is 18.0 Å². The first-order valence-electron chi connectivity index (χ1n) is 16.9. The molecule has 0 aliphatic carbocycles. The topological polar surface area (TPSA) is 83.6 Å². The predicted octanol–water partition coefficient (Wildman–Crippen LogP) is 6.92. The summed E-state index contributed by atoms with van der Waals surface area (Å²) in [6.45, 7) is 12.2. The van der Waals surface area contributed by atoms with Crippen molar-refractivity contribution < 1.29 is 28.2 Å². The number of ether oxygens (including phenoxy) is 3. The van der Waals surface area contributed by atoms with Crippen molar-refractivity contribution in [3.05, 3.63) is 88.2 Å². The van der Waals surface area contributed by atoms with Crippen molar-refractivity contribution in [1.82, 2.24) is 15.1 Å². The number of carbonyl (C=O) groups excluding carboxylic acids is 2. The van der Waals surface area contributed by atoms with E-state index in [1.807, 2.05) is 45.0 Å². The highest BCUT2D eigenvalue weighted by Gasteiger charge is 2.40. The molecule has 1 saturated heterocycles. The van der Waals surface area contributed by atoms with E-state index in [-0.39, 0.29) is 49.1 Å². The van der Waals surface area contributed by atoms with Crippen LogP contribution in [0.2, 0.25) is 5.02 Å². The first-order chi connectivity index (χ1) is 23.4. The Morgan fingerprint density at radius 2 is 1.75 bits per heavy atom. The zero-order valence-electron chi connectivity index (χ0n) is 30.0. The van der Waals surface area contributed by atoms with Crippen molar-refractivity contribution in [2.24, 2.45) is 5.41 Å². The molecule has 2 aliphatic rings. The van der Waals surface area contributed by atoms with Gasteiger partial charge in [-0.1, -0.05) is 62.7 Å². The average Bonchev–Trinajstić information content (AvgIpc) is 3.16. The van der Waals surface area contributed by atoms with Gasteiger partial charge in [-0.25, -0.2) is 4.39 Å². The van der Waals surface area contributed by atoms with E-state index in [0.29, 0.717) is 52.1 Å². The highest BCUT2D eigenvalue weighted by atomic mass is 35.5. The van der Waals surface area contributed by atoms with Crippen molar-refractivity contribution in [3.8, 4) is 11.5 Å². The van der Waals surface area contributed by atoms with Crippen LogP contribution >= 0.6 is 36.4 Å². The Kier molecular flexibility index (Phi) is 15.8. The first-order valence-corrected chi connectivity index (χ1v) is 17.3. The van der Waals surface area contributed by atoms with Crippen molar-refractivity contribution in [3.63, 3.8) is 0 Å². The van der Waals surface area contributed by atoms with Crippen LogP contribution in [0.15, 0.2) is 60.7 Å². The van der Waals surface area contributed by atoms with Crippen LogP contribution in [-0.4, -0.2) is 87.8 Å². The molecule has 3 aromatic carbocycles. The second kappa shape index (κ2) is 19.1. The van der Waals surface area contributed by atoms with E-state index >= 15 is 0 Å². The SMILES string of the molecule is COc1c(OCCCN2CCN(C)CC2)cccc1[C@H]1O[C@H](CC(=O)NCc2ccccc2F)C(=O)N(CC(C)(C)C)c2ccc(Cl)cc21.Cl.Cl. The van der Waals surface area contributed by atoms with E-state index in [1.165, 1.54) is 6.07 Å². The Hall–Kier alpha value is -3.12. The average molecular weight is 768 g/mol. The zero-order chi connectivity index (χ0) is 35.1. The number of para-hydroxylation sites is 1. The van der Waals surface area contributed by atoms with E-state index in [1.54, 1.807) is 42.3 Å². The molecule has 5 rings (SSSR count). The monoisotopic (exact) mass is 766 g/mol. The molecule has 2 amide bonds. The molecule has 0 unspecified atom stereocenters. The Labute approximate surface area is 318 Å². The number of methoxy groups -OCH3 is 1. The molecule has 0 bridgehead atoms. The smallest absolute Gasteiger partial charge is 0.256 e. The summed E-state index contributed by atoms with van der Waals surface area (Å²) in [6.07, 6.45) is -1.39. The number of piperazine rings is 1. The summed E-state index contributed by atoms with van der Waals surface area (Å²) in [5.41, 5.74) is 2.03. The number of hydrogen-bond acceptors (Lipinski definition) is 7. The van der Waals surface area contributed by atoms with Crippen LogP contribution < -0.4 is 19.7 Å². The zero-order valence-corrected chi connectivity index (χ0v) is 32.3. The van der Waals surface area contributed by atoms with Crippen LogP contribution in [0.4, 0.5) is 10.1 Å². The van der Waals surface area contributed by atoms with Gasteiger partial charge in [-0.3, -0.25) is 9.59 Å². The van der Waals surface area contributed by atoms with E-state index in [2.05, 4.69) is 22.2 Å². The number of halogens is 4. The Bertz CT molecular complexity index is 1620. The van der Waals surface area contributed by atoms with Crippen molar-refractivity contribution in [2.45, 2.75) is 52.4 Å². The van der Waals surface area contributed by atoms with Crippen molar-refractivity contribution in [2.75, 3.05) is 64.9 Å². The highest BCUT2D eigenvalue weighted by Crippen LogP contribution is 2.45. The number of benzene rings is 3. The third kappa shape index (κ3) is 11.2. The number of carbonyl (C=O) groups is 2. The molecule has 2 atom stereocenters. The lowest BCUT2D eigenvalue weighted by Crippen LogP contribution is -2.45. The molecule has 280 valence electrons. The summed E-state index contributed by atoms with van der Waals surface area (Å²) in [5, 5.41) is 3.24. The number of nitrogens with one attached hydrogen (secondary N) is 1. The van der Waals surface area contributed by atoms with Gasteiger partial charge in [0.05, 0.1) is 20.1 Å². The molecule has 9 nitrogen and oxygen atoms in total. The lowest BCUT2D eigenvalue weighted by Gasteiger charge is -2.32. The Morgan fingerprint density at radius 1 is 1.02 bits per heavy atom. The third-order valence-corrected chi connectivity index (χ3v) is 9.04. The van der Waals surface area contributed by atoms with Crippen molar-refractivity contribution >= 4 is 53.9 Å². The van der Waals surface area contributed by atoms with Crippen LogP contribution in [-0.2, 0) is 20.9 Å². The van der Waals surface area contributed by atoms with Gasteiger partial charge in [-0.15, -0.1) is 24.8 Å². The van der Waals surface area contributed by atoms with Gasteiger partial charge < -0.3 is 34.2 Å². The minimum atomic E-state index is -1.16. The maximum absolute atomic E-state index is 14.3. The quantitative estimate of drug-likeness (QED) is 0.201. The molecule has 3 aromatic rings. The maximum Gasteiger partial charge on any atom is 0.256 e. The minimum absolute atomic E-state index is 0. The second-order valence-electron chi connectivity index (χ2n) is 14.0. The third-order valence-electron chi connectivity index (χ3n) is 8.81. The number of rotatable bonds is 12. The first kappa shape index (κ1) is 42.3. The highest BCUT2D eigenvalue weighted by molar-refractivity contribution is 6.30. The van der Waals surface area contributed by atoms with E-state index in [9.17, 15) is 14.0 Å². The summed E-state index contributed by atoms with van der Waals surface area (Å²) in [7, 11) is 3.73. The molecule has 13 heteroatoms. The summed E-state index contributed by atoms with van der Waals surface area (Å²) < 4.78 is 33.2. The number of fused-ring (bicyclic) bond motifs is 1. The van der Waals surface area contributed by atoms with Gasteiger partial charge in [-0.2, -0.15) is 0 Å². The summed E-state index contributed by atoms with van der Waals surface area (Å²) >= 11 is 6.58. The van der Waals surface area contributed by atoms with Crippen LogP contribution in [0.5, 0.6) is 11.5 Å². The van der Waals surface area contributed by atoms with Crippen molar-refractivity contribution in [1.29, 1.82) is 0 Å². The molecule has 0 spiro atoms. The maximum atomic E-state index is 14.3. The molecule has 2 heterocycles. The molecular formula is C38H50Cl3FN4O5. The molecule has 0 aromatic heterocycles. The summed E-state index contributed by atoms with van der Waals surface area (Å²) in [5.74, 6) is -0.159. The van der Waals surface area contributed by atoms with Gasteiger partial charge in [0.15, 0.2) is 11.5 Å². The number of anilines is 1. The Balaban J connectivity index is 0.00000351. The molecule has 0 radical (unpaired) electrons. The minimum Gasteiger partial charge on any atom is -0.492 e. The normalized spacial score (nSPS) is 18.2. The van der Waals surface area contributed by atoms with E-state index in [4.69, 9.17) is 25.8 Å². The fourth-order valence-corrected chi connectivity index (χ4v) is 6.45. The van der Waals surface area contributed by atoms with Crippen LogP contribution in [0, 0.1) is 11.2 Å². The van der Waals surface area contributed by atoms with Gasteiger partial charge in [0, 0.05) is 73.2 Å². The second-order valence-corrected chi connectivity index (χ2v) is 14.4. The number of hydrogen-bond donors (Lipinski definition) is 1. The van der Waals surface area contributed by atoms with Gasteiger partial charge >= 0.3 is 0 Å². The molecule has 2 aliphatic heterocycles. The fourth-order valence-electron chi connectivity index (χ4n) is 6.27. The van der Waals surface area contributed by atoms with E-state index < -0.39 is 23.9 Å². The van der Waals surface area contributed by atoms with Gasteiger partial charge in [0.2, 0.25) is 5.91 Å². The van der Waals surface area contributed by atoms with Crippen LogP contribution in [0.1, 0.15) is 56.4 Å². The van der Waals surface area contributed by atoms with Crippen LogP contribution in [0.25, 0.3) is 0 Å². The van der Waals surface area contributed by atoms with Gasteiger partial charge in [-0.05, 0) is 49.2 Å². The predicted molar refractivity (Wildman–Crippen MR) is 204 cm³/mol. The summed E-state index contributed by atoms with van der Waals surface area (Å²) in [4.78, 5) is 34.1. The Morgan fingerprint density at radius 3 is 2.43 bits per heavy atom. The molecule has 0 saturated carbocycles. The molecular weight excluding hydrogens is 718 g/mol. The number of nitrogens with zero attached hydrogens (tertiary/aromatic N) is 3. The summed E-state index contributed by atoms with van der Waals surface area (Å²) in [6, 6.07) is 17.2. The van der Waals surface area contributed by atoms with E-state index in [0.717, 1.165) is 39.1 Å². The van der Waals surface area contributed by atoms with Crippen LogP contribution in [0.3, 0.4) is 0 Å². The largest absolute Gasteiger partial charge is 0.492 e. The fraction of sp³-hybridized carbons (Fsp3) is 0.474. The molecule has 1 N–H and O–H groups in total. The van der Waals surface area contributed by atoms with Gasteiger partial charge in [0.25, 0.3) is 5.91 Å². The lowest BCUT2D eigenvalue weighted by molar-refractivity contribution is -0.138. The number of likely N-dealkylation sites (N-methyl/N-ethyl adjacent to an activating group) is 1. The molecule has 51 heavy (non-hydrogen) atoms. The number of amides is 2. The standard InChI is InChI=1S/C38H48ClFN4O5.2ClH/c1-38(2,3)25-44-31-15-14-27(39)22-29(31)35(49-33(37(44)46)23-34(45)41-24-26-10-6-7-12-30(26)40)28-11-8-13-32(36(28)47-5)48-21-9-16-43-19-17-42(4)18-20-43;;/h6-8,10-15,22,33,35H,9,16-21,23-25H2,1-5H3,(H,41,45);2*1H/t33-,35-;;/m1../s1.